The van der Waals surface area contributed by atoms with Crippen molar-refractivity contribution in [1.82, 2.24) is 4.72 Å². The van der Waals surface area contributed by atoms with Gasteiger partial charge in [0.1, 0.15) is 0 Å². The van der Waals surface area contributed by atoms with Crippen LogP contribution in [-0.4, -0.2) is 19.9 Å². The van der Waals surface area contributed by atoms with Gasteiger partial charge in [-0.15, -0.1) is 0 Å². The molecule has 1 amide bonds. The van der Waals surface area contributed by atoms with Crippen LogP contribution in [0.2, 0.25) is 0 Å². The number of nitrogens with one attached hydrogen (secondary N) is 2. The first-order valence-corrected chi connectivity index (χ1v) is 11.0. The number of carbonyl (C=O) groups is 1. The summed E-state index contributed by atoms with van der Waals surface area (Å²) in [6.45, 7) is 11.2. The maximum Gasteiger partial charge on any atom is 0.255 e. The Morgan fingerprint density at radius 2 is 1.57 bits per heavy atom. The van der Waals surface area contributed by atoms with Crippen molar-refractivity contribution in [2.75, 3.05) is 5.32 Å². The smallest absolute Gasteiger partial charge is 0.255 e. The average molecular weight is 403 g/mol. The molecule has 0 radical (unpaired) electrons. The van der Waals surface area contributed by atoms with Gasteiger partial charge in [-0.1, -0.05) is 38.1 Å². The first-order chi connectivity index (χ1) is 13.0. The molecule has 0 saturated carbocycles. The van der Waals surface area contributed by atoms with E-state index in [4.69, 9.17) is 0 Å². The Bertz CT molecular complexity index is 952. The number of aryl methyl sites for hydroxylation is 3. The molecule has 0 fully saturated rings. The molecule has 0 bridgehead atoms. The van der Waals surface area contributed by atoms with Crippen LogP contribution in [-0.2, 0) is 22.9 Å². The topological polar surface area (TPSA) is 75.3 Å². The summed E-state index contributed by atoms with van der Waals surface area (Å²) >= 11 is 0. The first-order valence-electron chi connectivity index (χ1n) is 9.55. The zero-order valence-corrected chi connectivity index (χ0v) is 18.3. The molecular formula is C22H30N2O3S. The SMILES string of the molecule is CCc1cccc(CC)c1NC(=O)c1cc(S(=O)(=O)NC(C)(C)C)ccc1C. The number of hydrogen-bond donors (Lipinski definition) is 2. The van der Waals surface area contributed by atoms with Crippen molar-refractivity contribution in [1.29, 1.82) is 0 Å². The lowest BCUT2D eigenvalue weighted by Crippen LogP contribution is -2.40. The molecule has 152 valence electrons. The number of carbonyl (C=O) groups excluding carboxylic acids is 1. The summed E-state index contributed by atoms with van der Waals surface area (Å²) < 4.78 is 27.9. The molecule has 0 aromatic heterocycles. The maximum absolute atomic E-state index is 13.0. The van der Waals surface area contributed by atoms with Gasteiger partial charge in [-0.3, -0.25) is 4.79 Å². The molecule has 0 heterocycles. The van der Waals surface area contributed by atoms with Crippen LogP contribution in [0.3, 0.4) is 0 Å². The Morgan fingerprint density at radius 1 is 1.00 bits per heavy atom. The molecule has 2 aromatic carbocycles. The lowest BCUT2D eigenvalue weighted by molar-refractivity contribution is 0.102. The lowest BCUT2D eigenvalue weighted by atomic mass is 10.0. The molecule has 0 spiro atoms. The number of sulfonamides is 1. The van der Waals surface area contributed by atoms with E-state index < -0.39 is 15.6 Å². The fourth-order valence-electron chi connectivity index (χ4n) is 3.06. The monoisotopic (exact) mass is 402 g/mol. The fourth-order valence-corrected chi connectivity index (χ4v) is 4.50. The molecule has 0 atom stereocenters. The second-order valence-corrected chi connectivity index (χ2v) is 9.63. The minimum atomic E-state index is -3.72. The Hall–Kier alpha value is -2.18. The molecule has 0 unspecified atom stereocenters. The Labute approximate surface area is 168 Å². The predicted molar refractivity (Wildman–Crippen MR) is 114 cm³/mol. The summed E-state index contributed by atoms with van der Waals surface area (Å²) in [6.07, 6.45) is 1.60. The van der Waals surface area contributed by atoms with E-state index in [1.807, 2.05) is 32.0 Å². The lowest BCUT2D eigenvalue weighted by Gasteiger charge is -2.21. The van der Waals surface area contributed by atoms with E-state index in [0.29, 0.717) is 5.56 Å². The minimum Gasteiger partial charge on any atom is -0.321 e. The summed E-state index contributed by atoms with van der Waals surface area (Å²) in [7, 11) is -3.72. The molecule has 2 rings (SSSR count). The third kappa shape index (κ3) is 5.20. The standard InChI is InChI=1S/C22H30N2O3S/c1-7-16-10-9-11-17(8-2)20(16)23-21(25)19-14-18(13-12-15(19)3)28(26,27)24-22(4,5)6/h9-14,24H,7-8H2,1-6H3,(H,23,25). The largest absolute Gasteiger partial charge is 0.321 e. The van der Waals surface area contributed by atoms with E-state index in [1.54, 1.807) is 33.8 Å². The van der Waals surface area contributed by atoms with E-state index in [9.17, 15) is 13.2 Å². The molecule has 2 aromatic rings. The van der Waals surface area contributed by atoms with Crippen LogP contribution in [0.5, 0.6) is 0 Å². The third-order valence-electron chi connectivity index (χ3n) is 4.44. The third-order valence-corrected chi connectivity index (χ3v) is 6.20. The zero-order valence-electron chi connectivity index (χ0n) is 17.5. The summed E-state index contributed by atoms with van der Waals surface area (Å²) in [5.74, 6) is -0.305. The normalized spacial score (nSPS) is 12.1. The Balaban J connectivity index is 2.43. The van der Waals surface area contributed by atoms with Gasteiger partial charge in [0.25, 0.3) is 5.91 Å². The van der Waals surface area contributed by atoms with Crippen molar-refractivity contribution < 1.29 is 13.2 Å². The zero-order chi connectivity index (χ0) is 21.1. The summed E-state index contributed by atoms with van der Waals surface area (Å²) in [5, 5.41) is 3.01. The van der Waals surface area contributed by atoms with Gasteiger partial charge in [-0.2, -0.15) is 0 Å². The van der Waals surface area contributed by atoms with Crippen LogP contribution in [0, 0.1) is 6.92 Å². The van der Waals surface area contributed by atoms with Crippen LogP contribution in [0.1, 0.15) is 61.7 Å². The van der Waals surface area contributed by atoms with Crippen LogP contribution < -0.4 is 10.0 Å². The van der Waals surface area contributed by atoms with Gasteiger partial charge >= 0.3 is 0 Å². The van der Waals surface area contributed by atoms with Gasteiger partial charge in [0.2, 0.25) is 10.0 Å². The molecule has 0 aliphatic heterocycles. The molecule has 0 saturated heterocycles. The van der Waals surface area contributed by atoms with E-state index in [1.165, 1.54) is 12.1 Å². The van der Waals surface area contributed by atoms with Gasteiger partial charge in [0.05, 0.1) is 4.90 Å². The van der Waals surface area contributed by atoms with E-state index in [0.717, 1.165) is 35.2 Å². The van der Waals surface area contributed by atoms with Crippen LogP contribution in [0.25, 0.3) is 0 Å². The highest BCUT2D eigenvalue weighted by Crippen LogP contribution is 2.25. The highest BCUT2D eigenvalue weighted by Gasteiger charge is 2.24. The summed E-state index contributed by atoms with van der Waals surface area (Å²) in [4.78, 5) is 13.1. The van der Waals surface area contributed by atoms with Crippen LogP contribution in [0.15, 0.2) is 41.3 Å². The van der Waals surface area contributed by atoms with Crippen molar-refractivity contribution >= 4 is 21.6 Å². The number of hydrogen-bond acceptors (Lipinski definition) is 3. The Kier molecular flexibility index (Phi) is 6.67. The van der Waals surface area contributed by atoms with Crippen molar-refractivity contribution in [3.63, 3.8) is 0 Å². The maximum atomic E-state index is 13.0. The van der Waals surface area contributed by atoms with Crippen molar-refractivity contribution in [3.8, 4) is 0 Å². The van der Waals surface area contributed by atoms with Gasteiger partial charge < -0.3 is 5.32 Å². The van der Waals surface area contributed by atoms with Crippen molar-refractivity contribution in [2.45, 2.75) is 64.8 Å². The molecule has 6 heteroatoms. The number of rotatable bonds is 6. The van der Waals surface area contributed by atoms with Gasteiger partial charge in [-0.05, 0) is 69.4 Å². The molecule has 28 heavy (non-hydrogen) atoms. The quantitative estimate of drug-likeness (QED) is 0.750. The predicted octanol–water partition coefficient (Wildman–Crippen LogP) is 4.45. The number of benzene rings is 2. The van der Waals surface area contributed by atoms with Crippen molar-refractivity contribution in [3.05, 3.63) is 58.7 Å². The Morgan fingerprint density at radius 3 is 2.07 bits per heavy atom. The summed E-state index contributed by atoms with van der Waals surface area (Å²) in [5.41, 5.74) is 3.40. The van der Waals surface area contributed by atoms with E-state index in [2.05, 4.69) is 10.0 Å². The van der Waals surface area contributed by atoms with Gasteiger partial charge in [0, 0.05) is 16.8 Å². The highest BCUT2D eigenvalue weighted by molar-refractivity contribution is 7.89. The number of amides is 1. The second kappa shape index (κ2) is 8.45. The van der Waals surface area contributed by atoms with Crippen LogP contribution >= 0.6 is 0 Å². The molecule has 2 N–H and O–H groups in total. The second-order valence-electron chi connectivity index (χ2n) is 7.94. The fraction of sp³-hybridized carbons (Fsp3) is 0.409. The van der Waals surface area contributed by atoms with E-state index in [-0.39, 0.29) is 10.8 Å². The number of anilines is 1. The molecular weight excluding hydrogens is 372 g/mol. The van der Waals surface area contributed by atoms with Gasteiger partial charge in [0.15, 0.2) is 0 Å². The molecule has 5 nitrogen and oxygen atoms in total. The van der Waals surface area contributed by atoms with Crippen molar-refractivity contribution in [2.24, 2.45) is 0 Å². The molecule has 0 aliphatic rings. The van der Waals surface area contributed by atoms with Crippen LogP contribution in [0.4, 0.5) is 5.69 Å². The number of para-hydroxylation sites is 1. The minimum absolute atomic E-state index is 0.0812. The average Bonchev–Trinajstić information content (AvgIpc) is 2.59. The first kappa shape index (κ1) is 22.1. The molecule has 0 aliphatic carbocycles. The highest BCUT2D eigenvalue weighted by atomic mass is 32.2. The summed E-state index contributed by atoms with van der Waals surface area (Å²) in [6, 6.07) is 10.6. The van der Waals surface area contributed by atoms with E-state index >= 15 is 0 Å². The van der Waals surface area contributed by atoms with Gasteiger partial charge in [-0.25, -0.2) is 13.1 Å².